The molecule has 2 saturated carbocycles. The molecule has 0 radical (unpaired) electrons. The molecule has 40 valence electrons. The normalized spacial score (nSPS) is 77.4. The maximum Gasteiger partial charge on any atom is 0.0270 e. The van der Waals surface area contributed by atoms with Crippen molar-refractivity contribution in [2.24, 2.45) is 17.3 Å². The molecule has 0 N–H and O–H groups in total. The highest BCUT2D eigenvalue weighted by Gasteiger charge is 2.62. The van der Waals surface area contributed by atoms with Crippen LogP contribution < -0.4 is 0 Å². The molecule has 0 unspecified atom stereocenters. The maximum atomic E-state index is 7.44. The van der Waals surface area contributed by atoms with Crippen LogP contribution >= 0.6 is 0 Å². The van der Waals surface area contributed by atoms with Crippen LogP contribution in [0.2, 0.25) is 0 Å². The summed E-state index contributed by atoms with van der Waals surface area (Å²) in [4.78, 5) is 0. The molecule has 0 amide bonds. The van der Waals surface area contributed by atoms with E-state index in [0.29, 0.717) is 17.3 Å². The number of hydrogen-bond donors (Lipinski definition) is 0. The third-order valence-corrected chi connectivity index (χ3v) is 2.52. The van der Waals surface area contributed by atoms with Crippen LogP contribution in [0.25, 0.3) is 0 Å². The first-order valence-electron chi connectivity index (χ1n) is 4.07. The van der Waals surface area contributed by atoms with Gasteiger partial charge in [-0.3, -0.25) is 0 Å². The fraction of sp³-hybridized carbons (Fsp3) is 1.00. The molecule has 2 aliphatic rings. The predicted molar refractivity (Wildman–Crippen MR) is 30.0 cm³/mol. The lowest BCUT2D eigenvalue weighted by Gasteiger charge is -2.04. The van der Waals surface area contributed by atoms with Gasteiger partial charge in [-0.2, -0.15) is 0 Å². The fourth-order valence-electron chi connectivity index (χ4n) is 1.55. The van der Waals surface area contributed by atoms with Crippen molar-refractivity contribution in [2.75, 3.05) is 0 Å². The number of fused-ring (bicyclic) bond motifs is 1. The molecule has 2 rings (SSSR count). The Morgan fingerprint density at radius 2 is 1.86 bits per heavy atom. The van der Waals surface area contributed by atoms with E-state index >= 15 is 0 Å². The molecule has 0 aromatic heterocycles. The Morgan fingerprint density at radius 3 is 2.00 bits per heavy atom. The molecule has 0 aliphatic heterocycles. The van der Waals surface area contributed by atoms with Crippen LogP contribution in [-0.4, -0.2) is 0 Å². The van der Waals surface area contributed by atoms with E-state index in [9.17, 15) is 0 Å². The summed E-state index contributed by atoms with van der Waals surface area (Å²) in [6, 6.07) is 0. The molecule has 0 bridgehead atoms. The van der Waals surface area contributed by atoms with Gasteiger partial charge in [0.15, 0.2) is 0 Å². The van der Waals surface area contributed by atoms with Gasteiger partial charge in [0.05, 0.1) is 0 Å². The Hall–Kier alpha value is 0. The Bertz CT molecular complexity index is 137. The largest absolute Gasteiger partial charge is 0.0594 e. The molecular formula is C7H12. The van der Waals surface area contributed by atoms with E-state index < -0.39 is 0 Å². The smallest absolute Gasteiger partial charge is 0.0270 e. The maximum absolute atomic E-state index is 7.44. The van der Waals surface area contributed by atoms with Gasteiger partial charge in [0.25, 0.3) is 0 Å². The van der Waals surface area contributed by atoms with Crippen molar-refractivity contribution in [3.63, 3.8) is 0 Å². The summed E-state index contributed by atoms with van der Waals surface area (Å²) in [6.07, 6.45) is -0.130. The lowest BCUT2D eigenvalue weighted by atomic mass is 10.0. The molecule has 2 fully saturated rings. The van der Waals surface area contributed by atoms with Crippen molar-refractivity contribution < 1.29 is 2.74 Å². The molecule has 0 heteroatoms. The van der Waals surface area contributed by atoms with Gasteiger partial charge in [-0.25, -0.2) is 0 Å². The predicted octanol–water partition coefficient (Wildman–Crippen LogP) is 2.05. The van der Waals surface area contributed by atoms with Gasteiger partial charge in [-0.15, -0.1) is 0 Å². The summed E-state index contributed by atoms with van der Waals surface area (Å²) in [7, 11) is 0. The highest BCUT2D eigenvalue weighted by Crippen LogP contribution is 2.70. The summed E-state index contributed by atoms with van der Waals surface area (Å²) < 4.78 is 14.9. The van der Waals surface area contributed by atoms with E-state index in [2.05, 4.69) is 13.8 Å². The summed E-state index contributed by atoms with van der Waals surface area (Å²) in [5, 5.41) is 0. The lowest BCUT2D eigenvalue weighted by molar-refractivity contribution is 0.468. The monoisotopic (exact) mass is 98.1 g/mol. The molecule has 0 heterocycles. The molecule has 2 aliphatic carbocycles. The molecule has 0 aromatic rings. The molecule has 4 atom stereocenters. The Kier molecular flexibility index (Phi) is 0.276. The first-order chi connectivity index (χ1) is 4.07. The van der Waals surface area contributed by atoms with Crippen molar-refractivity contribution in [1.82, 2.24) is 0 Å². The first-order valence-corrected chi connectivity index (χ1v) is 2.91. The quantitative estimate of drug-likeness (QED) is 0.435. The van der Waals surface area contributed by atoms with Crippen LogP contribution in [0, 0.1) is 17.3 Å². The van der Waals surface area contributed by atoms with E-state index in [0.717, 1.165) is 0 Å². The molecule has 0 nitrogen and oxygen atoms in total. The van der Waals surface area contributed by atoms with Gasteiger partial charge in [-0.1, -0.05) is 13.8 Å². The summed E-state index contributed by atoms with van der Waals surface area (Å²) in [6.45, 7) is 4.36. The Balaban J connectivity index is 2.15. The SMILES string of the molecule is [2H][C@@H]1[C@H]([2H])[C@H]2[C@@H]1C2(C)C. The van der Waals surface area contributed by atoms with Crippen molar-refractivity contribution in [3.05, 3.63) is 0 Å². The van der Waals surface area contributed by atoms with Gasteiger partial charge in [0, 0.05) is 2.74 Å². The molecule has 0 spiro atoms. The average molecular weight is 98.2 g/mol. The van der Waals surface area contributed by atoms with Crippen LogP contribution in [0.1, 0.15) is 29.4 Å². The van der Waals surface area contributed by atoms with Crippen LogP contribution in [0.15, 0.2) is 0 Å². The van der Waals surface area contributed by atoms with Crippen molar-refractivity contribution >= 4 is 0 Å². The second-order valence-corrected chi connectivity index (χ2v) is 3.26. The number of hydrogen-bond acceptors (Lipinski definition) is 0. The Morgan fingerprint density at radius 1 is 1.43 bits per heavy atom. The summed E-state index contributed by atoms with van der Waals surface area (Å²) in [5.41, 5.74) is 0.346. The molecule has 0 aromatic carbocycles. The van der Waals surface area contributed by atoms with Gasteiger partial charge in [0.1, 0.15) is 0 Å². The zero-order valence-corrected chi connectivity index (χ0v) is 4.81. The minimum atomic E-state index is -0.0648. The second kappa shape index (κ2) is 0.765. The molecule has 7 heavy (non-hydrogen) atoms. The topological polar surface area (TPSA) is 0 Å². The second-order valence-electron chi connectivity index (χ2n) is 3.26. The van der Waals surface area contributed by atoms with Crippen LogP contribution in [0.4, 0.5) is 0 Å². The number of rotatable bonds is 0. The Labute approximate surface area is 47.7 Å². The summed E-state index contributed by atoms with van der Waals surface area (Å²) in [5.74, 6) is 1.14. The van der Waals surface area contributed by atoms with E-state index in [1.807, 2.05) is 0 Å². The van der Waals surface area contributed by atoms with E-state index in [1.165, 1.54) is 0 Å². The third kappa shape index (κ3) is 0.266. The van der Waals surface area contributed by atoms with Crippen molar-refractivity contribution in [1.29, 1.82) is 0 Å². The fourth-order valence-corrected chi connectivity index (χ4v) is 1.55. The molecule has 0 saturated heterocycles. The van der Waals surface area contributed by atoms with E-state index in [-0.39, 0.29) is 12.8 Å². The van der Waals surface area contributed by atoms with E-state index in [1.54, 1.807) is 0 Å². The zero-order chi connectivity index (χ0) is 6.81. The van der Waals surface area contributed by atoms with Gasteiger partial charge < -0.3 is 0 Å². The van der Waals surface area contributed by atoms with Gasteiger partial charge in [0.2, 0.25) is 0 Å². The third-order valence-electron chi connectivity index (χ3n) is 2.52. The molecular weight excluding hydrogens is 84.1 g/mol. The van der Waals surface area contributed by atoms with Gasteiger partial charge in [-0.05, 0) is 30.0 Å². The average Bonchev–Trinajstić information content (AvgIpc) is 2.29. The van der Waals surface area contributed by atoms with Crippen LogP contribution in [0.5, 0.6) is 0 Å². The van der Waals surface area contributed by atoms with E-state index in [4.69, 9.17) is 2.74 Å². The van der Waals surface area contributed by atoms with Crippen molar-refractivity contribution in [3.8, 4) is 0 Å². The van der Waals surface area contributed by atoms with Crippen LogP contribution in [0.3, 0.4) is 0 Å². The first kappa shape index (κ1) is 2.52. The minimum Gasteiger partial charge on any atom is -0.0594 e. The lowest BCUT2D eigenvalue weighted by Crippen LogP contribution is -1.93. The van der Waals surface area contributed by atoms with Gasteiger partial charge >= 0.3 is 0 Å². The standard InChI is InChI=1S/C7H12/c1-7(2)5-3-4-6(5)7/h5-6H,3-4H2,1-2H3/t5-,6+/i3D,4D/t3-,4+,5-,6+. The van der Waals surface area contributed by atoms with Crippen LogP contribution in [-0.2, 0) is 0 Å². The highest BCUT2D eigenvalue weighted by molar-refractivity contribution is 5.11. The highest BCUT2D eigenvalue weighted by atomic mass is 14.7. The summed E-state index contributed by atoms with van der Waals surface area (Å²) >= 11 is 0. The minimum absolute atomic E-state index is 0.0648. The van der Waals surface area contributed by atoms with Crippen molar-refractivity contribution in [2.45, 2.75) is 26.6 Å². The zero-order valence-electron chi connectivity index (χ0n) is 6.81.